The van der Waals surface area contributed by atoms with Gasteiger partial charge in [-0.2, -0.15) is 0 Å². The number of rotatable bonds is 7. The number of nitrogens with one attached hydrogen (secondary N) is 2. The Morgan fingerprint density at radius 1 is 1.26 bits per heavy atom. The van der Waals surface area contributed by atoms with Crippen molar-refractivity contribution in [2.45, 2.75) is 31.7 Å². The predicted molar refractivity (Wildman–Crippen MR) is 93.9 cm³/mol. The highest BCUT2D eigenvalue weighted by Crippen LogP contribution is 2.17. The van der Waals surface area contributed by atoms with Gasteiger partial charge in [0.1, 0.15) is 0 Å². The van der Waals surface area contributed by atoms with Crippen LogP contribution in [0.3, 0.4) is 0 Å². The van der Waals surface area contributed by atoms with E-state index in [9.17, 15) is 9.59 Å². The first-order valence-electron chi connectivity index (χ1n) is 7.99. The van der Waals surface area contributed by atoms with Crippen molar-refractivity contribution in [3.05, 3.63) is 35.9 Å². The van der Waals surface area contributed by atoms with Crippen molar-refractivity contribution in [2.75, 3.05) is 26.7 Å². The molecule has 1 fully saturated rings. The lowest BCUT2D eigenvalue weighted by Gasteiger charge is -2.24. The van der Waals surface area contributed by atoms with Crippen LogP contribution >= 0.6 is 12.4 Å². The SMILES string of the molecule is CNCC1CCCN1C(=O)CCCNC(=O)c1ccccc1.Cl. The van der Waals surface area contributed by atoms with E-state index in [0.717, 1.165) is 25.9 Å². The van der Waals surface area contributed by atoms with Gasteiger partial charge in [0.25, 0.3) is 5.91 Å². The maximum absolute atomic E-state index is 12.2. The smallest absolute Gasteiger partial charge is 0.251 e. The fourth-order valence-corrected chi connectivity index (χ4v) is 2.89. The minimum Gasteiger partial charge on any atom is -0.352 e. The molecule has 0 aliphatic carbocycles. The predicted octanol–water partition coefficient (Wildman–Crippen LogP) is 1.83. The summed E-state index contributed by atoms with van der Waals surface area (Å²) >= 11 is 0. The largest absolute Gasteiger partial charge is 0.352 e. The van der Waals surface area contributed by atoms with Gasteiger partial charge >= 0.3 is 0 Å². The van der Waals surface area contributed by atoms with Gasteiger partial charge in [0.05, 0.1) is 0 Å². The van der Waals surface area contributed by atoms with Gasteiger partial charge in [0, 0.05) is 37.7 Å². The second kappa shape index (κ2) is 10.2. The minimum atomic E-state index is -0.0812. The van der Waals surface area contributed by atoms with Gasteiger partial charge in [-0.05, 0) is 38.4 Å². The van der Waals surface area contributed by atoms with E-state index in [1.165, 1.54) is 0 Å². The maximum Gasteiger partial charge on any atom is 0.251 e. The maximum atomic E-state index is 12.2. The number of likely N-dealkylation sites (N-methyl/N-ethyl adjacent to an activating group) is 1. The van der Waals surface area contributed by atoms with Crippen LogP contribution in [0.5, 0.6) is 0 Å². The van der Waals surface area contributed by atoms with Crippen molar-refractivity contribution >= 4 is 24.2 Å². The summed E-state index contributed by atoms with van der Waals surface area (Å²) in [7, 11) is 1.92. The summed E-state index contributed by atoms with van der Waals surface area (Å²) < 4.78 is 0. The monoisotopic (exact) mass is 339 g/mol. The van der Waals surface area contributed by atoms with Gasteiger partial charge in [-0.1, -0.05) is 18.2 Å². The molecule has 0 bridgehead atoms. The highest BCUT2D eigenvalue weighted by atomic mass is 35.5. The van der Waals surface area contributed by atoms with Gasteiger partial charge < -0.3 is 15.5 Å². The Morgan fingerprint density at radius 3 is 2.70 bits per heavy atom. The molecule has 1 aliphatic rings. The molecule has 0 saturated carbocycles. The fourth-order valence-electron chi connectivity index (χ4n) is 2.89. The average molecular weight is 340 g/mol. The van der Waals surface area contributed by atoms with Crippen molar-refractivity contribution in [2.24, 2.45) is 0 Å². The molecule has 0 radical (unpaired) electrons. The lowest BCUT2D eigenvalue weighted by molar-refractivity contribution is -0.132. The number of likely N-dealkylation sites (tertiary alicyclic amines) is 1. The first kappa shape index (κ1) is 19.5. The Hall–Kier alpha value is -1.59. The molecule has 1 aliphatic heterocycles. The first-order valence-corrected chi connectivity index (χ1v) is 7.99. The van der Waals surface area contributed by atoms with E-state index in [2.05, 4.69) is 10.6 Å². The quantitative estimate of drug-likeness (QED) is 0.745. The number of benzene rings is 1. The summed E-state index contributed by atoms with van der Waals surface area (Å²) in [4.78, 5) is 26.1. The molecule has 128 valence electrons. The fraction of sp³-hybridized carbons (Fsp3) is 0.529. The third kappa shape index (κ3) is 5.84. The van der Waals surface area contributed by atoms with Crippen LogP contribution in [0.1, 0.15) is 36.0 Å². The second-order valence-corrected chi connectivity index (χ2v) is 5.67. The molecule has 1 unspecified atom stereocenters. The minimum absolute atomic E-state index is 0. The molecule has 23 heavy (non-hydrogen) atoms. The molecule has 5 nitrogen and oxygen atoms in total. The number of carbonyl (C=O) groups excluding carboxylic acids is 2. The lowest BCUT2D eigenvalue weighted by atomic mass is 10.2. The van der Waals surface area contributed by atoms with Crippen molar-refractivity contribution < 1.29 is 9.59 Å². The van der Waals surface area contributed by atoms with Gasteiger partial charge in [0.15, 0.2) is 0 Å². The summed E-state index contributed by atoms with van der Waals surface area (Å²) in [5.74, 6) is 0.119. The van der Waals surface area contributed by atoms with Crippen molar-refractivity contribution in [3.63, 3.8) is 0 Å². The van der Waals surface area contributed by atoms with Gasteiger partial charge in [-0.15, -0.1) is 12.4 Å². The Balaban J connectivity index is 0.00000264. The van der Waals surface area contributed by atoms with Crippen LogP contribution in [0.4, 0.5) is 0 Å². The van der Waals surface area contributed by atoms with Crippen LogP contribution in [-0.2, 0) is 4.79 Å². The molecule has 1 heterocycles. The Labute approximate surface area is 144 Å². The van der Waals surface area contributed by atoms with Crippen LogP contribution in [0.2, 0.25) is 0 Å². The molecule has 0 aromatic heterocycles. The number of carbonyl (C=O) groups is 2. The summed E-state index contributed by atoms with van der Waals surface area (Å²) in [5, 5.41) is 6.00. The number of hydrogen-bond donors (Lipinski definition) is 2. The molecule has 1 aromatic carbocycles. The van der Waals surface area contributed by atoms with Gasteiger partial charge in [-0.3, -0.25) is 9.59 Å². The van der Waals surface area contributed by atoms with E-state index in [1.54, 1.807) is 12.1 Å². The topological polar surface area (TPSA) is 61.4 Å². The van der Waals surface area contributed by atoms with Crippen LogP contribution in [0.15, 0.2) is 30.3 Å². The van der Waals surface area contributed by atoms with Crippen LogP contribution in [0.25, 0.3) is 0 Å². The van der Waals surface area contributed by atoms with E-state index in [4.69, 9.17) is 0 Å². The number of hydrogen-bond acceptors (Lipinski definition) is 3. The summed E-state index contributed by atoms with van der Waals surface area (Å²) in [6.07, 6.45) is 3.34. The highest BCUT2D eigenvalue weighted by Gasteiger charge is 2.27. The molecular formula is C17H26ClN3O2. The number of halogens is 1. The Kier molecular flexibility index (Phi) is 8.66. The normalized spacial score (nSPS) is 16.7. The van der Waals surface area contributed by atoms with Crippen LogP contribution in [0, 0.1) is 0 Å². The van der Waals surface area contributed by atoms with E-state index >= 15 is 0 Å². The third-order valence-electron chi connectivity index (χ3n) is 4.03. The Morgan fingerprint density at radius 2 is 2.00 bits per heavy atom. The zero-order valence-electron chi connectivity index (χ0n) is 13.6. The van der Waals surface area contributed by atoms with Crippen LogP contribution in [-0.4, -0.2) is 49.4 Å². The molecule has 1 saturated heterocycles. The van der Waals surface area contributed by atoms with Crippen molar-refractivity contribution in [3.8, 4) is 0 Å². The number of amides is 2. The highest BCUT2D eigenvalue weighted by molar-refractivity contribution is 5.94. The van der Waals surface area contributed by atoms with Gasteiger partial charge in [0.2, 0.25) is 5.91 Å². The van der Waals surface area contributed by atoms with Crippen molar-refractivity contribution in [1.82, 2.24) is 15.5 Å². The van der Waals surface area contributed by atoms with Gasteiger partial charge in [-0.25, -0.2) is 0 Å². The van der Waals surface area contributed by atoms with E-state index < -0.39 is 0 Å². The summed E-state index contributed by atoms with van der Waals surface area (Å²) in [5.41, 5.74) is 0.655. The molecular weight excluding hydrogens is 314 g/mol. The molecule has 2 N–H and O–H groups in total. The Bertz CT molecular complexity index is 496. The molecule has 2 rings (SSSR count). The average Bonchev–Trinajstić information content (AvgIpc) is 3.01. The molecule has 6 heteroatoms. The zero-order valence-corrected chi connectivity index (χ0v) is 14.4. The molecule has 0 spiro atoms. The zero-order chi connectivity index (χ0) is 15.8. The molecule has 1 atom stereocenters. The lowest BCUT2D eigenvalue weighted by Crippen LogP contribution is -2.41. The molecule has 2 amide bonds. The first-order chi connectivity index (χ1) is 10.7. The van der Waals surface area contributed by atoms with E-state index in [0.29, 0.717) is 31.0 Å². The van der Waals surface area contributed by atoms with Crippen molar-refractivity contribution in [1.29, 1.82) is 0 Å². The third-order valence-corrected chi connectivity index (χ3v) is 4.03. The standard InChI is InChI=1S/C17H25N3O2.ClH/c1-18-13-15-9-6-12-20(15)16(21)10-5-11-19-17(22)14-7-3-2-4-8-14;/h2-4,7-8,15,18H,5-6,9-13H2,1H3,(H,19,22);1H. The number of nitrogens with zero attached hydrogens (tertiary/aromatic N) is 1. The second-order valence-electron chi connectivity index (χ2n) is 5.67. The molecule has 1 aromatic rings. The van der Waals surface area contributed by atoms with E-state index in [-0.39, 0.29) is 24.2 Å². The van der Waals surface area contributed by atoms with Crippen LogP contribution < -0.4 is 10.6 Å². The summed E-state index contributed by atoms with van der Waals surface area (Å²) in [6, 6.07) is 9.46. The summed E-state index contributed by atoms with van der Waals surface area (Å²) in [6.45, 7) is 2.25. The van der Waals surface area contributed by atoms with E-state index in [1.807, 2.05) is 30.1 Å².